The van der Waals surface area contributed by atoms with E-state index < -0.39 is 28.0 Å². The molecule has 1 unspecified atom stereocenters. The van der Waals surface area contributed by atoms with E-state index in [1.165, 1.54) is 23.5 Å². The second-order valence-electron chi connectivity index (χ2n) is 6.43. The molecule has 1 amide bonds. The number of sulfonamides is 1. The summed E-state index contributed by atoms with van der Waals surface area (Å²) in [5.74, 6) is -0.654. The van der Waals surface area contributed by atoms with Crippen molar-refractivity contribution in [3.05, 3.63) is 53.6 Å². The number of esters is 1. The molecule has 0 aromatic heterocycles. The maximum Gasteiger partial charge on any atom is 0.337 e. The Labute approximate surface area is 163 Å². The molecular weight excluding hydrogens is 384 g/mol. The van der Waals surface area contributed by atoms with Crippen molar-refractivity contribution in [2.24, 2.45) is 0 Å². The largest absolute Gasteiger partial charge is 0.476 e. The van der Waals surface area contributed by atoms with E-state index in [1.807, 2.05) is 6.92 Å². The van der Waals surface area contributed by atoms with Gasteiger partial charge in [0.15, 0.2) is 6.10 Å². The van der Waals surface area contributed by atoms with Crippen molar-refractivity contribution in [3.63, 3.8) is 0 Å². The molecule has 0 spiro atoms. The molecule has 0 bridgehead atoms. The molecule has 1 aliphatic heterocycles. The van der Waals surface area contributed by atoms with Crippen LogP contribution in [0.1, 0.15) is 15.9 Å². The molecule has 0 aliphatic carbocycles. The molecule has 0 radical (unpaired) electrons. The van der Waals surface area contributed by atoms with Crippen molar-refractivity contribution >= 4 is 33.3 Å². The second kappa shape index (κ2) is 7.51. The van der Waals surface area contributed by atoms with Gasteiger partial charge in [-0.2, -0.15) is 0 Å². The Morgan fingerprint density at radius 3 is 2.46 bits per heavy atom. The van der Waals surface area contributed by atoms with E-state index in [9.17, 15) is 18.0 Å². The van der Waals surface area contributed by atoms with Gasteiger partial charge in [0.25, 0.3) is 5.91 Å². The zero-order valence-electron chi connectivity index (χ0n) is 15.6. The average Bonchev–Trinajstić information content (AvgIpc) is 2.66. The van der Waals surface area contributed by atoms with Crippen LogP contribution in [0, 0.1) is 6.92 Å². The molecule has 3 rings (SSSR count). The van der Waals surface area contributed by atoms with Crippen molar-refractivity contribution in [2.75, 3.05) is 29.5 Å². The molecule has 148 valence electrons. The number of ether oxygens (including phenoxy) is 2. The van der Waals surface area contributed by atoms with Gasteiger partial charge >= 0.3 is 5.97 Å². The second-order valence-corrected chi connectivity index (χ2v) is 8.34. The predicted octanol–water partition coefficient (Wildman–Crippen LogP) is 1.95. The van der Waals surface area contributed by atoms with Crippen LogP contribution in [-0.2, 0) is 19.6 Å². The number of nitrogens with zero attached hydrogens (tertiary/aromatic N) is 1. The minimum absolute atomic E-state index is 0.138. The lowest BCUT2D eigenvalue weighted by Gasteiger charge is -2.34. The Bertz CT molecular complexity index is 1020. The van der Waals surface area contributed by atoms with E-state index in [-0.39, 0.29) is 6.54 Å². The van der Waals surface area contributed by atoms with E-state index in [0.717, 1.165) is 11.8 Å². The Morgan fingerprint density at radius 1 is 1.18 bits per heavy atom. The van der Waals surface area contributed by atoms with E-state index in [2.05, 4.69) is 10.1 Å². The monoisotopic (exact) mass is 404 g/mol. The number of hydrogen-bond acceptors (Lipinski definition) is 6. The van der Waals surface area contributed by atoms with E-state index in [4.69, 9.17) is 4.74 Å². The van der Waals surface area contributed by atoms with E-state index in [1.54, 1.807) is 30.3 Å². The van der Waals surface area contributed by atoms with Crippen LogP contribution in [0.25, 0.3) is 0 Å². The number of fused-ring (bicyclic) bond motifs is 1. The van der Waals surface area contributed by atoms with Gasteiger partial charge in [-0.15, -0.1) is 0 Å². The molecule has 1 atom stereocenters. The van der Waals surface area contributed by atoms with Gasteiger partial charge < -0.3 is 14.8 Å². The first-order valence-electron chi connectivity index (χ1n) is 8.43. The summed E-state index contributed by atoms with van der Waals surface area (Å²) in [6.07, 6.45) is 0.0653. The molecule has 1 N–H and O–H groups in total. The van der Waals surface area contributed by atoms with Gasteiger partial charge in [-0.25, -0.2) is 13.2 Å². The number of carbonyl (C=O) groups is 2. The Kier molecular flexibility index (Phi) is 5.28. The molecule has 8 nitrogen and oxygen atoms in total. The third kappa shape index (κ3) is 4.09. The van der Waals surface area contributed by atoms with E-state index >= 15 is 0 Å². The van der Waals surface area contributed by atoms with Gasteiger partial charge in [0, 0.05) is 5.69 Å². The van der Waals surface area contributed by atoms with Gasteiger partial charge in [0.05, 0.1) is 31.2 Å². The van der Waals surface area contributed by atoms with Crippen LogP contribution in [0.15, 0.2) is 42.5 Å². The summed E-state index contributed by atoms with van der Waals surface area (Å²) in [5, 5.41) is 2.67. The van der Waals surface area contributed by atoms with E-state index in [0.29, 0.717) is 22.7 Å². The zero-order valence-corrected chi connectivity index (χ0v) is 16.4. The smallest absolute Gasteiger partial charge is 0.337 e. The summed E-state index contributed by atoms with van der Waals surface area (Å²) in [6.45, 7) is 1.71. The summed E-state index contributed by atoms with van der Waals surface area (Å²) in [6, 6.07) is 11.3. The number of hydrogen-bond donors (Lipinski definition) is 1. The first-order valence-corrected chi connectivity index (χ1v) is 10.3. The number of rotatable bonds is 4. The average molecular weight is 404 g/mol. The number of aryl methyl sites for hydroxylation is 1. The highest BCUT2D eigenvalue weighted by atomic mass is 32.2. The number of methoxy groups -OCH3 is 1. The highest BCUT2D eigenvalue weighted by Crippen LogP contribution is 2.36. The normalized spacial score (nSPS) is 16.0. The fourth-order valence-electron chi connectivity index (χ4n) is 2.84. The highest BCUT2D eigenvalue weighted by Gasteiger charge is 2.35. The molecule has 9 heteroatoms. The summed E-state index contributed by atoms with van der Waals surface area (Å²) in [4.78, 5) is 24.1. The number of amides is 1. The lowest BCUT2D eigenvalue weighted by molar-refractivity contribution is -0.122. The molecule has 1 aliphatic rings. The van der Waals surface area contributed by atoms with Crippen molar-refractivity contribution in [1.29, 1.82) is 0 Å². The fraction of sp³-hybridized carbons (Fsp3) is 0.263. The fourth-order valence-corrected chi connectivity index (χ4v) is 3.75. The van der Waals surface area contributed by atoms with Crippen LogP contribution in [0.2, 0.25) is 0 Å². The maximum atomic E-state index is 12.6. The van der Waals surface area contributed by atoms with Crippen LogP contribution in [0.4, 0.5) is 11.4 Å². The van der Waals surface area contributed by atoms with Crippen LogP contribution < -0.4 is 14.4 Å². The van der Waals surface area contributed by atoms with Gasteiger partial charge in [-0.1, -0.05) is 6.07 Å². The quantitative estimate of drug-likeness (QED) is 0.782. The zero-order chi connectivity index (χ0) is 20.5. The topological polar surface area (TPSA) is 102 Å². The van der Waals surface area contributed by atoms with Crippen LogP contribution in [0.3, 0.4) is 0 Å². The predicted molar refractivity (Wildman–Crippen MR) is 104 cm³/mol. The standard InChI is InChI=1S/C19H20N2O6S/c1-12-4-9-16-15(10-12)21(28(3,24)25)11-17(27-16)18(22)20-14-7-5-13(6-8-14)19(23)26-2/h4-10,17H,11H2,1-3H3,(H,20,22). The Morgan fingerprint density at radius 2 is 1.86 bits per heavy atom. The minimum Gasteiger partial charge on any atom is -0.476 e. The minimum atomic E-state index is -3.59. The maximum absolute atomic E-state index is 12.6. The van der Waals surface area contributed by atoms with Gasteiger partial charge in [-0.3, -0.25) is 9.10 Å². The van der Waals surface area contributed by atoms with Crippen molar-refractivity contribution in [3.8, 4) is 5.75 Å². The number of benzene rings is 2. The molecule has 1 heterocycles. The SMILES string of the molecule is COC(=O)c1ccc(NC(=O)C2CN(S(C)(=O)=O)c3cc(C)ccc3O2)cc1. The summed E-state index contributed by atoms with van der Waals surface area (Å²) < 4.78 is 36.0. The van der Waals surface area contributed by atoms with Gasteiger partial charge in [-0.05, 0) is 48.9 Å². The lowest BCUT2D eigenvalue weighted by atomic mass is 10.1. The third-order valence-electron chi connectivity index (χ3n) is 4.25. The molecule has 2 aromatic rings. The Balaban J connectivity index is 1.81. The summed E-state index contributed by atoms with van der Waals surface area (Å²) in [5.41, 5.74) is 2.09. The van der Waals surface area contributed by atoms with Crippen LogP contribution in [0.5, 0.6) is 5.75 Å². The van der Waals surface area contributed by atoms with Crippen LogP contribution in [-0.4, -0.2) is 46.3 Å². The van der Waals surface area contributed by atoms with Crippen molar-refractivity contribution in [1.82, 2.24) is 0 Å². The molecule has 0 fully saturated rings. The molecule has 2 aromatic carbocycles. The molecular formula is C19H20N2O6S. The third-order valence-corrected chi connectivity index (χ3v) is 5.40. The lowest BCUT2D eigenvalue weighted by Crippen LogP contribution is -2.48. The van der Waals surface area contributed by atoms with Gasteiger partial charge in [0.2, 0.25) is 10.0 Å². The first kappa shape index (κ1) is 19.7. The summed E-state index contributed by atoms with van der Waals surface area (Å²) in [7, 11) is -2.31. The Hall–Kier alpha value is -3.07. The molecule has 0 saturated heterocycles. The highest BCUT2D eigenvalue weighted by molar-refractivity contribution is 7.92. The van der Waals surface area contributed by atoms with Crippen molar-refractivity contribution < 1.29 is 27.5 Å². The molecule has 28 heavy (non-hydrogen) atoms. The van der Waals surface area contributed by atoms with Crippen LogP contribution >= 0.6 is 0 Å². The summed E-state index contributed by atoms with van der Waals surface area (Å²) >= 11 is 0. The number of carbonyl (C=O) groups excluding carboxylic acids is 2. The van der Waals surface area contributed by atoms with Crippen molar-refractivity contribution in [2.45, 2.75) is 13.0 Å². The van der Waals surface area contributed by atoms with Gasteiger partial charge in [0.1, 0.15) is 5.75 Å². The molecule has 0 saturated carbocycles. The number of anilines is 2. The number of nitrogens with one attached hydrogen (secondary N) is 1. The first-order chi connectivity index (χ1) is 13.2.